The molecule has 3 N–H and O–H groups in total. The highest BCUT2D eigenvalue weighted by Gasteiger charge is 2.40. The Balaban J connectivity index is 2.57. The predicted octanol–water partition coefficient (Wildman–Crippen LogP) is 2.94. The van der Waals surface area contributed by atoms with Crippen LogP contribution in [0.4, 0.5) is 0 Å². The second-order valence-corrected chi connectivity index (χ2v) is 5.95. The first-order valence-electron chi connectivity index (χ1n) is 6.94. The van der Waals surface area contributed by atoms with Gasteiger partial charge in [0.15, 0.2) is 0 Å². The number of aliphatic hydroxyl groups excluding tert-OH is 1. The van der Waals surface area contributed by atoms with Crippen molar-refractivity contribution in [2.24, 2.45) is 23.0 Å². The molecule has 0 aromatic carbocycles. The van der Waals surface area contributed by atoms with E-state index in [4.69, 9.17) is 5.73 Å². The van der Waals surface area contributed by atoms with E-state index in [0.29, 0.717) is 6.54 Å². The van der Waals surface area contributed by atoms with Crippen molar-refractivity contribution < 1.29 is 5.11 Å². The average Bonchev–Trinajstić information content (AvgIpc) is 2.29. The minimum Gasteiger partial charge on any atom is -0.393 e. The third kappa shape index (κ3) is 2.98. The van der Waals surface area contributed by atoms with Crippen molar-refractivity contribution in [3.63, 3.8) is 0 Å². The molecule has 96 valence electrons. The van der Waals surface area contributed by atoms with Crippen molar-refractivity contribution in [1.82, 2.24) is 0 Å². The zero-order chi connectivity index (χ0) is 12.2. The SMILES string of the molecule is CCCC(O)C1(CN)CCC(C(C)C)CC1. The number of rotatable bonds is 5. The van der Waals surface area contributed by atoms with Crippen LogP contribution >= 0.6 is 0 Å². The van der Waals surface area contributed by atoms with Crippen LogP contribution in [0.25, 0.3) is 0 Å². The molecule has 1 saturated carbocycles. The fraction of sp³-hybridized carbons (Fsp3) is 1.00. The number of nitrogens with two attached hydrogens (primary N) is 1. The van der Waals surface area contributed by atoms with E-state index in [9.17, 15) is 5.11 Å². The Morgan fingerprint density at radius 3 is 2.25 bits per heavy atom. The van der Waals surface area contributed by atoms with Gasteiger partial charge in [0, 0.05) is 12.0 Å². The summed E-state index contributed by atoms with van der Waals surface area (Å²) in [5, 5.41) is 10.3. The van der Waals surface area contributed by atoms with E-state index in [1.807, 2.05) is 0 Å². The van der Waals surface area contributed by atoms with Gasteiger partial charge in [0.1, 0.15) is 0 Å². The van der Waals surface area contributed by atoms with Crippen LogP contribution in [0.5, 0.6) is 0 Å². The molecule has 1 unspecified atom stereocenters. The van der Waals surface area contributed by atoms with Crippen molar-refractivity contribution in [3.05, 3.63) is 0 Å². The summed E-state index contributed by atoms with van der Waals surface area (Å²) in [6, 6.07) is 0. The van der Waals surface area contributed by atoms with E-state index in [-0.39, 0.29) is 11.5 Å². The molecule has 1 fully saturated rings. The van der Waals surface area contributed by atoms with Gasteiger partial charge in [0.25, 0.3) is 0 Å². The minimum atomic E-state index is -0.185. The van der Waals surface area contributed by atoms with Crippen molar-refractivity contribution >= 4 is 0 Å². The fourth-order valence-electron chi connectivity index (χ4n) is 3.13. The molecule has 0 bridgehead atoms. The van der Waals surface area contributed by atoms with Gasteiger partial charge >= 0.3 is 0 Å². The van der Waals surface area contributed by atoms with Crippen LogP contribution in [0.2, 0.25) is 0 Å². The molecular weight excluding hydrogens is 198 g/mol. The molecule has 0 aliphatic heterocycles. The predicted molar refractivity (Wildman–Crippen MR) is 69.2 cm³/mol. The summed E-state index contributed by atoms with van der Waals surface area (Å²) in [4.78, 5) is 0. The molecule has 0 amide bonds. The Morgan fingerprint density at radius 2 is 1.88 bits per heavy atom. The molecule has 2 nitrogen and oxygen atoms in total. The molecule has 0 heterocycles. The summed E-state index contributed by atoms with van der Waals surface area (Å²) in [6.45, 7) is 7.40. The largest absolute Gasteiger partial charge is 0.393 e. The zero-order valence-electron chi connectivity index (χ0n) is 11.2. The van der Waals surface area contributed by atoms with E-state index in [2.05, 4.69) is 20.8 Å². The second kappa shape index (κ2) is 6.02. The molecule has 1 aliphatic rings. The molecule has 1 atom stereocenters. The van der Waals surface area contributed by atoms with E-state index in [1.54, 1.807) is 0 Å². The lowest BCUT2D eigenvalue weighted by Gasteiger charge is -2.43. The van der Waals surface area contributed by atoms with Gasteiger partial charge in [-0.1, -0.05) is 27.2 Å². The Kier molecular flexibility index (Phi) is 5.26. The lowest BCUT2D eigenvalue weighted by molar-refractivity contribution is -0.0178. The van der Waals surface area contributed by atoms with E-state index < -0.39 is 0 Å². The number of aliphatic hydroxyl groups is 1. The smallest absolute Gasteiger partial charge is 0.0608 e. The molecule has 1 aliphatic carbocycles. The minimum absolute atomic E-state index is 0.0292. The van der Waals surface area contributed by atoms with Crippen LogP contribution in [0, 0.1) is 17.3 Å². The van der Waals surface area contributed by atoms with Crippen molar-refractivity contribution in [3.8, 4) is 0 Å². The van der Waals surface area contributed by atoms with Crippen LogP contribution in [0.15, 0.2) is 0 Å². The number of hydrogen-bond donors (Lipinski definition) is 2. The summed E-state index contributed by atoms with van der Waals surface area (Å²) >= 11 is 0. The molecular formula is C14H29NO. The van der Waals surface area contributed by atoms with Crippen LogP contribution in [0.3, 0.4) is 0 Å². The van der Waals surface area contributed by atoms with E-state index in [0.717, 1.165) is 37.5 Å². The highest BCUT2D eigenvalue weighted by atomic mass is 16.3. The van der Waals surface area contributed by atoms with Crippen LogP contribution < -0.4 is 5.73 Å². The second-order valence-electron chi connectivity index (χ2n) is 5.95. The maximum absolute atomic E-state index is 10.3. The average molecular weight is 227 g/mol. The third-order valence-corrected chi connectivity index (χ3v) is 4.64. The summed E-state index contributed by atoms with van der Waals surface area (Å²) in [5.41, 5.74) is 5.96. The first kappa shape index (κ1) is 14.0. The van der Waals surface area contributed by atoms with Gasteiger partial charge in [-0.2, -0.15) is 0 Å². The highest BCUT2D eigenvalue weighted by molar-refractivity contribution is 4.92. The maximum atomic E-state index is 10.3. The zero-order valence-corrected chi connectivity index (χ0v) is 11.2. The maximum Gasteiger partial charge on any atom is 0.0608 e. The first-order chi connectivity index (χ1) is 7.55. The van der Waals surface area contributed by atoms with E-state index >= 15 is 0 Å². The molecule has 0 radical (unpaired) electrons. The Bertz CT molecular complexity index is 195. The summed E-state index contributed by atoms with van der Waals surface area (Å²) < 4.78 is 0. The Morgan fingerprint density at radius 1 is 1.31 bits per heavy atom. The lowest BCUT2D eigenvalue weighted by Crippen LogP contribution is -2.45. The third-order valence-electron chi connectivity index (χ3n) is 4.64. The van der Waals surface area contributed by atoms with Gasteiger partial charge in [-0.25, -0.2) is 0 Å². The van der Waals surface area contributed by atoms with Crippen molar-refractivity contribution in [2.75, 3.05) is 6.54 Å². The van der Waals surface area contributed by atoms with Crippen molar-refractivity contribution in [2.45, 2.75) is 65.4 Å². The molecule has 2 heteroatoms. The fourth-order valence-corrected chi connectivity index (χ4v) is 3.13. The van der Waals surface area contributed by atoms with Crippen LogP contribution in [0.1, 0.15) is 59.3 Å². The van der Waals surface area contributed by atoms with Gasteiger partial charge in [-0.05, 0) is 43.9 Å². The molecule has 1 rings (SSSR count). The normalized spacial score (nSPS) is 33.0. The van der Waals surface area contributed by atoms with Crippen molar-refractivity contribution in [1.29, 1.82) is 0 Å². The topological polar surface area (TPSA) is 46.2 Å². The quantitative estimate of drug-likeness (QED) is 0.758. The molecule has 0 saturated heterocycles. The van der Waals surface area contributed by atoms with Gasteiger partial charge in [0.05, 0.1) is 6.10 Å². The molecule has 0 aromatic heterocycles. The van der Waals surface area contributed by atoms with Gasteiger partial charge in [-0.15, -0.1) is 0 Å². The highest BCUT2D eigenvalue weighted by Crippen LogP contribution is 2.44. The van der Waals surface area contributed by atoms with Crippen LogP contribution in [-0.2, 0) is 0 Å². The summed E-state index contributed by atoms with van der Waals surface area (Å²) in [6.07, 6.45) is 6.50. The monoisotopic (exact) mass is 227 g/mol. The van der Waals surface area contributed by atoms with Gasteiger partial charge in [0.2, 0.25) is 0 Å². The standard InChI is InChI=1S/C14H29NO/c1-4-5-13(16)14(10-15)8-6-12(7-9-14)11(2)3/h11-13,16H,4-10,15H2,1-3H3. The molecule has 0 aromatic rings. The summed E-state index contributed by atoms with van der Waals surface area (Å²) in [7, 11) is 0. The number of hydrogen-bond acceptors (Lipinski definition) is 2. The lowest BCUT2D eigenvalue weighted by atomic mass is 9.64. The van der Waals surface area contributed by atoms with Gasteiger partial charge in [-0.3, -0.25) is 0 Å². The van der Waals surface area contributed by atoms with E-state index in [1.165, 1.54) is 12.8 Å². The molecule has 0 spiro atoms. The summed E-state index contributed by atoms with van der Waals surface area (Å²) in [5.74, 6) is 1.62. The van der Waals surface area contributed by atoms with Gasteiger partial charge < -0.3 is 10.8 Å². The Hall–Kier alpha value is -0.0800. The molecule has 16 heavy (non-hydrogen) atoms. The Labute approximate surface area is 101 Å². The first-order valence-corrected chi connectivity index (χ1v) is 6.94. The van der Waals surface area contributed by atoms with Crippen LogP contribution in [-0.4, -0.2) is 17.8 Å².